The molecule has 1 unspecified atom stereocenters. The molecular weight excluding hydrogens is 161 g/mol. The van der Waals surface area contributed by atoms with E-state index in [1.807, 2.05) is 0 Å². The summed E-state index contributed by atoms with van der Waals surface area (Å²) in [6.45, 7) is 0.456. The second-order valence-corrected chi connectivity index (χ2v) is 5.04. The Kier molecular flexibility index (Phi) is 4.53. The monoisotopic (exact) mass is 172 g/mol. The van der Waals surface area contributed by atoms with Gasteiger partial charge in [0.1, 0.15) is 0 Å². The van der Waals surface area contributed by atoms with E-state index < -0.39 is 22.3 Å². The van der Waals surface area contributed by atoms with E-state index in [0.717, 1.165) is 12.7 Å². The summed E-state index contributed by atoms with van der Waals surface area (Å²) in [4.78, 5) is 0. The van der Waals surface area contributed by atoms with Gasteiger partial charge in [0, 0.05) is 6.92 Å². The van der Waals surface area contributed by atoms with Crippen LogP contribution in [0.2, 0.25) is 0 Å². The molecule has 0 rings (SSSR count). The van der Waals surface area contributed by atoms with Crippen LogP contribution in [0.25, 0.3) is 0 Å². The lowest BCUT2D eigenvalue weighted by molar-refractivity contribution is -0.0221. The van der Waals surface area contributed by atoms with Crippen molar-refractivity contribution >= 4 is 19.0 Å². The molecule has 0 bridgehead atoms. The van der Waals surface area contributed by atoms with E-state index in [4.69, 9.17) is 4.43 Å². The van der Waals surface area contributed by atoms with Gasteiger partial charge in [0.05, 0.1) is 6.61 Å². The molecular formula is C4H11F2OPSi. The zero-order chi connectivity index (χ0) is 7.33. The molecule has 0 aromatic carbocycles. The van der Waals surface area contributed by atoms with E-state index in [2.05, 4.69) is 9.24 Å². The number of hydrogen-bond acceptors (Lipinski definition) is 1. The maximum Gasteiger partial charge on any atom is 0.266 e. The van der Waals surface area contributed by atoms with Gasteiger partial charge in [0.25, 0.3) is 5.92 Å². The summed E-state index contributed by atoms with van der Waals surface area (Å²) in [7, 11) is 1.79. The van der Waals surface area contributed by atoms with Crippen LogP contribution in [-0.2, 0) is 4.43 Å². The molecule has 5 heteroatoms. The van der Waals surface area contributed by atoms with Gasteiger partial charge in [0.2, 0.25) is 0 Å². The van der Waals surface area contributed by atoms with Crippen LogP contribution in [0, 0.1) is 0 Å². The molecule has 56 valence electrons. The third-order valence-corrected chi connectivity index (χ3v) is 2.05. The van der Waals surface area contributed by atoms with E-state index >= 15 is 0 Å². The Morgan fingerprint density at radius 3 is 2.56 bits per heavy atom. The van der Waals surface area contributed by atoms with Crippen molar-refractivity contribution in [2.75, 3.05) is 12.4 Å². The summed E-state index contributed by atoms with van der Waals surface area (Å²) in [6.07, 6.45) is 0. The average Bonchev–Trinajstić information content (AvgIpc) is 1.63. The molecule has 0 aromatic heterocycles. The second-order valence-electron chi connectivity index (χ2n) is 1.91. The molecule has 0 aliphatic rings. The van der Waals surface area contributed by atoms with Crippen LogP contribution in [0.1, 0.15) is 6.92 Å². The predicted octanol–water partition coefficient (Wildman–Crippen LogP) is 0.575. The summed E-state index contributed by atoms with van der Waals surface area (Å²) in [5.41, 5.74) is 0. The Hall–Kier alpha value is 0.467. The van der Waals surface area contributed by atoms with Crippen molar-refractivity contribution in [2.24, 2.45) is 0 Å². The van der Waals surface area contributed by atoms with Crippen LogP contribution in [0.4, 0.5) is 8.78 Å². The van der Waals surface area contributed by atoms with Gasteiger partial charge in [0.15, 0.2) is 9.76 Å². The van der Waals surface area contributed by atoms with Crippen LogP contribution in [0.3, 0.4) is 0 Å². The fourth-order valence-corrected chi connectivity index (χ4v) is 1.50. The van der Waals surface area contributed by atoms with E-state index in [0.29, 0.717) is 0 Å². The summed E-state index contributed by atoms with van der Waals surface area (Å²) in [5, 5.41) is 0. The van der Waals surface area contributed by atoms with Gasteiger partial charge in [-0.25, -0.2) is 8.78 Å². The highest BCUT2D eigenvalue weighted by atomic mass is 31.0. The third-order valence-electron chi connectivity index (χ3n) is 0.618. The molecule has 0 spiro atoms. The maximum absolute atomic E-state index is 11.9. The Labute approximate surface area is 58.3 Å². The average molecular weight is 172 g/mol. The Morgan fingerprint density at radius 2 is 2.22 bits per heavy atom. The van der Waals surface area contributed by atoms with Crippen LogP contribution >= 0.6 is 9.24 Å². The van der Waals surface area contributed by atoms with Crippen LogP contribution in [-0.4, -0.2) is 28.1 Å². The first-order valence-corrected chi connectivity index (χ1v) is 5.11. The molecule has 0 aliphatic carbocycles. The van der Waals surface area contributed by atoms with Crippen molar-refractivity contribution in [1.82, 2.24) is 0 Å². The Morgan fingerprint density at radius 1 is 1.67 bits per heavy atom. The van der Waals surface area contributed by atoms with Crippen molar-refractivity contribution in [1.29, 1.82) is 0 Å². The molecule has 0 saturated heterocycles. The molecule has 9 heavy (non-hydrogen) atoms. The van der Waals surface area contributed by atoms with Gasteiger partial charge >= 0.3 is 0 Å². The Balaban J connectivity index is 3.07. The summed E-state index contributed by atoms with van der Waals surface area (Å²) < 4.78 is 28.6. The van der Waals surface area contributed by atoms with Gasteiger partial charge in [-0.3, -0.25) is 0 Å². The van der Waals surface area contributed by atoms with E-state index in [-0.39, 0.29) is 0 Å². The van der Waals surface area contributed by atoms with Crippen LogP contribution < -0.4 is 0 Å². The highest BCUT2D eigenvalue weighted by molar-refractivity contribution is 7.19. The molecule has 0 aliphatic heterocycles. The first kappa shape index (κ1) is 9.47. The largest absolute Gasteiger partial charge is 0.418 e. The van der Waals surface area contributed by atoms with Gasteiger partial charge < -0.3 is 4.43 Å². The minimum atomic E-state index is -2.65. The van der Waals surface area contributed by atoms with Crippen molar-refractivity contribution in [2.45, 2.75) is 12.8 Å². The first-order valence-electron chi connectivity index (χ1n) is 2.72. The van der Waals surface area contributed by atoms with E-state index in [1.165, 1.54) is 0 Å². The molecule has 1 atom stereocenters. The molecule has 0 heterocycles. The van der Waals surface area contributed by atoms with Crippen molar-refractivity contribution in [3.63, 3.8) is 0 Å². The number of halogens is 2. The zero-order valence-electron chi connectivity index (χ0n) is 5.36. The molecule has 0 N–H and O–H groups in total. The number of hydrogen-bond donors (Lipinski definition) is 0. The molecule has 0 saturated carbocycles. The smallest absolute Gasteiger partial charge is 0.266 e. The van der Waals surface area contributed by atoms with Gasteiger partial charge in [-0.05, 0) is 5.79 Å². The molecule has 0 amide bonds. The minimum absolute atomic E-state index is 0.409. The topological polar surface area (TPSA) is 9.23 Å². The standard InChI is InChI=1S/C4H11F2OPSi/c1-4(5,6)2-7-9-3-8/h2-3,8-9H2,1H3. The lowest BCUT2D eigenvalue weighted by atomic mass is 10.4. The Bertz CT molecular complexity index is 75.5. The fourth-order valence-electron chi connectivity index (χ4n) is 0.335. The van der Waals surface area contributed by atoms with E-state index in [9.17, 15) is 8.78 Å². The van der Waals surface area contributed by atoms with Crippen molar-refractivity contribution in [3.05, 3.63) is 0 Å². The third kappa shape index (κ3) is 8.47. The normalized spacial score (nSPS) is 13.3. The number of rotatable bonds is 4. The highest BCUT2D eigenvalue weighted by Crippen LogP contribution is 2.10. The summed E-state index contributed by atoms with van der Waals surface area (Å²) >= 11 is 0. The lowest BCUT2D eigenvalue weighted by Gasteiger charge is -2.09. The number of alkyl halides is 2. The fraction of sp³-hybridized carbons (Fsp3) is 1.00. The second kappa shape index (κ2) is 4.31. The first-order chi connectivity index (χ1) is 4.06. The molecule has 1 nitrogen and oxygen atoms in total. The predicted molar refractivity (Wildman–Crippen MR) is 39.7 cm³/mol. The minimum Gasteiger partial charge on any atom is -0.418 e. The van der Waals surface area contributed by atoms with Crippen LogP contribution in [0.15, 0.2) is 0 Å². The van der Waals surface area contributed by atoms with Gasteiger partial charge in [-0.1, -0.05) is 0 Å². The maximum atomic E-state index is 11.9. The van der Waals surface area contributed by atoms with Crippen molar-refractivity contribution in [3.8, 4) is 0 Å². The molecule has 0 fully saturated rings. The lowest BCUT2D eigenvalue weighted by Crippen LogP contribution is -2.20. The zero-order valence-corrected chi connectivity index (χ0v) is 7.93. The summed E-state index contributed by atoms with van der Waals surface area (Å²) in [6, 6.07) is 0. The molecule has 0 aromatic rings. The van der Waals surface area contributed by atoms with Crippen molar-refractivity contribution < 1.29 is 13.2 Å². The molecule has 0 radical (unpaired) electrons. The van der Waals surface area contributed by atoms with E-state index in [1.54, 1.807) is 0 Å². The van der Waals surface area contributed by atoms with Gasteiger partial charge in [-0.2, -0.15) is 0 Å². The summed E-state index contributed by atoms with van der Waals surface area (Å²) in [5.74, 6) is -1.80. The van der Waals surface area contributed by atoms with Gasteiger partial charge in [-0.15, -0.1) is 9.24 Å². The van der Waals surface area contributed by atoms with Crippen LogP contribution in [0.5, 0.6) is 0 Å². The quantitative estimate of drug-likeness (QED) is 0.342. The highest BCUT2D eigenvalue weighted by Gasteiger charge is 2.20. The SMILES string of the molecule is CC(F)(F)CO[SiH2]CP.